The first-order chi connectivity index (χ1) is 10.3. The number of nitrogens with one attached hydrogen (secondary N) is 1. The molecule has 3 aromatic rings. The highest BCUT2D eigenvalue weighted by molar-refractivity contribution is 5.61. The van der Waals surface area contributed by atoms with Crippen LogP contribution in [0.3, 0.4) is 0 Å². The summed E-state index contributed by atoms with van der Waals surface area (Å²) in [5, 5.41) is 4.05. The molecule has 0 fully saturated rings. The van der Waals surface area contributed by atoms with Crippen molar-refractivity contribution in [2.45, 2.75) is 13.1 Å². The number of rotatable bonds is 1. The molecular formula is C14H9F4N3O. The molecule has 2 heterocycles. The Balaban J connectivity index is 2.21. The van der Waals surface area contributed by atoms with Gasteiger partial charge < -0.3 is 4.98 Å². The van der Waals surface area contributed by atoms with Crippen LogP contribution in [0.5, 0.6) is 0 Å². The minimum absolute atomic E-state index is 0.0425. The molecule has 0 spiro atoms. The fourth-order valence-electron chi connectivity index (χ4n) is 2.18. The van der Waals surface area contributed by atoms with Crippen molar-refractivity contribution in [3.63, 3.8) is 0 Å². The predicted octanol–water partition coefficient (Wildman–Crippen LogP) is 3.16. The van der Waals surface area contributed by atoms with Crippen molar-refractivity contribution in [2.75, 3.05) is 0 Å². The molecule has 0 aliphatic carbocycles. The van der Waals surface area contributed by atoms with Crippen molar-refractivity contribution >= 4 is 5.52 Å². The number of fused-ring (bicyclic) bond motifs is 1. The molecule has 0 atom stereocenters. The molecule has 4 nitrogen and oxygen atoms in total. The maximum atomic E-state index is 13.3. The van der Waals surface area contributed by atoms with E-state index in [4.69, 9.17) is 0 Å². The second kappa shape index (κ2) is 4.69. The van der Waals surface area contributed by atoms with Gasteiger partial charge in [0.05, 0.1) is 23.1 Å². The molecule has 0 unspecified atom stereocenters. The van der Waals surface area contributed by atoms with Gasteiger partial charge in [-0.25, -0.2) is 8.91 Å². The van der Waals surface area contributed by atoms with E-state index >= 15 is 0 Å². The van der Waals surface area contributed by atoms with Crippen LogP contribution in [-0.2, 0) is 6.18 Å². The minimum Gasteiger partial charge on any atom is -0.319 e. The van der Waals surface area contributed by atoms with Gasteiger partial charge in [0.1, 0.15) is 11.3 Å². The number of hydrogen-bond donors (Lipinski definition) is 1. The van der Waals surface area contributed by atoms with Crippen LogP contribution in [0.4, 0.5) is 17.6 Å². The highest BCUT2D eigenvalue weighted by Gasteiger charge is 2.34. The number of benzene rings is 1. The van der Waals surface area contributed by atoms with Crippen molar-refractivity contribution in [1.82, 2.24) is 14.6 Å². The lowest BCUT2D eigenvalue weighted by Crippen LogP contribution is -2.12. The highest BCUT2D eigenvalue weighted by atomic mass is 19.4. The zero-order valence-corrected chi connectivity index (χ0v) is 11.2. The third kappa shape index (κ3) is 2.36. The summed E-state index contributed by atoms with van der Waals surface area (Å²) >= 11 is 0. The molecule has 0 bridgehead atoms. The molecule has 1 aromatic carbocycles. The lowest BCUT2D eigenvalue weighted by molar-refractivity contribution is -0.139. The van der Waals surface area contributed by atoms with Crippen LogP contribution in [0.2, 0.25) is 0 Å². The maximum Gasteiger partial charge on any atom is 0.419 e. The second-order valence-corrected chi connectivity index (χ2v) is 4.80. The summed E-state index contributed by atoms with van der Waals surface area (Å²) in [7, 11) is 0. The van der Waals surface area contributed by atoms with Gasteiger partial charge in [-0.3, -0.25) is 4.79 Å². The summed E-state index contributed by atoms with van der Waals surface area (Å²) in [6.45, 7) is 1.69. The van der Waals surface area contributed by atoms with Crippen LogP contribution in [-0.4, -0.2) is 14.6 Å². The van der Waals surface area contributed by atoms with Crippen molar-refractivity contribution in [3.05, 3.63) is 57.9 Å². The Morgan fingerprint density at radius 3 is 2.64 bits per heavy atom. The SMILES string of the molecule is Cc1cc2c(=O)[nH]c(-c3ccc(F)c(C(F)(F)F)c3)cn2n1. The van der Waals surface area contributed by atoms with E-state index in [0.717, 1.165) is 12.1 Å². The molecule has 2 aromatic heterocycles. The molecule has 8 heteroatoms. The molecule has 0 aliphatic rings. The van der Waals surface area contributed by atoms with Gasteiger partial charge in [-0.1, -0.05) is 0 Å². The zero-order chi connectivity index (χ0) is 16.1. The summed E-state index contributed by atoms with van der Waals surface area (Å²) in [4.78, 5) is 14.4. The summed E-state index contributed by atoms with van der Waals surface area (Å²) in [5.41, 5.74) is -0.845. The van der Waals surface area contributed by atoms with Crippen LogP contribution in [0, 0.1) is 12.7 Å². The van der Waals surface area contributed by atoms with E-state index < -0.39 is 23.1 Å². The van der Waals surface area contributed by atoms with Gasteiger partial charge in [-0.15, -0.1) is 0 Å². The van der Waals surface area contributed by atoms with Gasteiger partial charge in [-0.2, -0.15) is 18.3 Å². The molecule has 22 heavy (non-hydrogen) atoms. The van der Waals surface area contributed by atoms with Gasteiger partial charge in [-0.05, 0) is 31.2 Å². The Labute approximate surface area is 121 Å². The first-order valence-electron chi connectivity index (χ1n) is 6.22. The Morgan fingerprint density at radius 2 is 1.95 bits per heavy atom. The minimum atomic E-state index is -4.81. The smallest absolute Gasteiger partial charge is 0.319 e. The number of H-pyrrole nitrogens is 1. The predicted molar refractivity (Wildman–Crippen MR) is 70.9 cm³/mol. The third-order valence-corrected chi connectivity index (χ3v) is 3.17. The number of alkyl halides is 3. The first kappa shape index (κ1) is 14.3. The van der Waals surface area contributed by atoms with Crippen LogP contribution in [0.25, 0.3) is 16.8 Å². The number of aryl methyl sites for hydroxylation is 1. The van der Waals surface area contributed by atoms with E-state index in [0.29, 0.717) is 11.8 Å². The standard InChI is InChI=1S/C14H9F4N3O/c1-7-4-12-13(22)19-11(6-21(12)20-7)8-2-3-10(15)9(5-8)14(16,17)18/h2-6H,1H3,(H,19,22). The van der Waals surface area contributed by atoms with Gasteiger partial charge in [0, 0.05) is 5.56 Å². The van der Waals surface area contributed by atoms with E-state index in [1.54, 1.807) is 13.0 Å². The fourth-order valence-corrected chi connectivity index (χ4v) is 2.18. The van der Waals surface area contributed by atoms with Gasteiger partial charge in [0.25, 0.3) is 5.56 Å². The van der Waals surface area contributed by atoms with Crippen molar-refractivity contribution in [2.24, 2.45) is 0 Å². The normalized spacial score (nSPS) is 12.0. The van der Waals surface area contributed by atoms with E-state index in [1.807, 2.05) is 0 Å². The number of hydrogen-bond acceptors (Lipinski definition) is 2. The highest BCUT2D eigenvalue weighted by Crippen LogP contribution is 2.33. The number of aromatic nitrogens is 3. The van der Waals surface area contributed by atoms with E-state index in [2.05, 4.69) is 10.1 Å². The van der Waals surface area contributed by atoms with Gasteiger partial charge >= 0.3 is 6.18 Å². The Morgan fingerprint density at radius 1 is 1.23 bits per heavy atom. The molecule has 3 rings (SSSR count). The zero-order valence-electron chi connectivity index (χ0n) is 11.2. The van der Waals surface area contributed by atoms with E-state index in [9.17, 15) is 22.4 Å². The number of halogens is 4. The maximum absolute atomic E-state index is 13.3. The summed E-state index contributed by atoms with van der Waals surface area (Å²) in [6.07, 6.45) is -3.43. The van der Waals surface area contributed by atoms with Crippen LogP contribution in [0.1, 0.15) is 11.3 Å². The molecule has 0 radical (unpaired) electrons. The average Bonchev–Trinajstić information content (AvgIpc) is 2.79. The summed E-state index contributed by atoms with van der Waals surface area (Å²) in [5.74, 6) is -1.37. The monoisotopic (exact) mass is 311 g/mol. The lowest BCUT2D eigenvalue weighted by Gasteiger charge is -2.10. The fraction of sp³-hybridized carbons (Fsp3) is 0.143. The van der Waals surface area contributed by atoms with E-state index in [1.165, 1.54) is 10.7 Å². The van der Waals surface area contributed by atoms with Crippen molar-refractivity contribution in [1.29, 1.82) is 0 Å². The largest absolute Gasteiger partial charge is 0.419 e. The molecule has 0 aliphatic heterocycles. The van der Waals surface area contributed by atoms with Crippen LogP contribution < -0.4 is 5.56 Å². The third-order valence-electron chi connectivity index (χ3n) is 3.17. The Kier molecular flexibility index (Phi) is 3.05. The van der Waals surface area contributed by atoms with Crippen LogP contribution >= 0.6 is 0 Å². The summed E-state index contributed by atoms with van der Waals surface area (Å²) in [6, 6.07) is 4.09. The molecule has 0 saturated heterocycles. The molecule has 0 saturated carbocycles. The van der Waals surface area contributed by atoms with Crippen molar-refractivity contribution < 1.29 is 17.6 Å². The first-order valence-corrected chi connectivity index (χ1v) is 6.22. The average molecular weight is 311 g/mol. The summed E-state index contributed by atoms with van der Waals surface area (Å²) < 4.78 is 52.8. The van der Waals surface area contributed by atoms with Gasteiger partial charge in [0.2, 0.25) is 0 Å². The molecule has 0 amide bonds. The van der Waals surface area contributed by atoms with Gasteiger partial charge in [0.15, 0.2) is 0 Å². The second-order valence-electron chi connectivity index (χ2n) is 4.80. The Hall–Kier alpha value is -2.64. The topological polar surface area (TPSA) is 50.2 Å². The molecular weight excluding hydrogens is 302 g/mol. The van der Waals surface area contributed by atoms with Crippen LogP contribution in [0.15, 0.2) is 35.3 Å². The van der Waals surface area contributed by atoms with E-state index in [-0.39, 0.29) is 16.8 Å². The van der Waals surface area contributed by atoms with Crippen molar-refractivity contribution in [3.8, 4) is 11.3 Å². The molecule has 114 valence electrons. The lowest BCUT2D eigenvalue weighted by atomic mass is 10.1. The number of nitrogens with zero attached hydrogens (tertiary/aromatic N) is 2. The number of aromatic amines is 1. The Bertz CT molecular complexity index is 924. The molecule has 1 N–H and O–H groups in total. The quantitative estimate of drug-likeness (QED) is 0.702.